The van der Waals surface area contributed by atoms with Gasteiger partial charge in [0.05, 0.1) is 11.7 Å². The van der Waals surface area contributed by atoms with Crippen LogP contribution in [0.25, 0.3) is 0 Å². The summed E-state index contributed by atoms with van der Waals surface area (Å²) in [5.41, 5.74) is 0.987. The first-order chi connectivity index (χ1) is 9.63. The zero-order valence-electron chi connectivity index (χ0n) is 11.4. The van der Waals surface area contributed by atoms with Gasteiger partial charge in [-0.3, -0.25) is 14.9 Å². The van der Waals surface area contributed by atoms with E-state index in [2.05, 4.69) is 16.0 Å². The smallest absolute Gasteiger partial charge is 0.251 e. The standard InChI is InChI=1S/C14H16N4O2/c1-11-14(17(2)8-6-13(20)16-10-19)15-9-12-5-3-4-7-18(11)12/h3-10,12H,1-2H3,(H,16,19,20)/b8-6-. The van der Waals surface area contributed by atoms with Gasteiger partial charge in [-0.25, -0.2) is 4.99 Å². The third-order valence-corrected chi connectivity index (χ3v) is 3.03. The molecule has 2 heterocycles. The first-order valence-corrected chi connectivity index (χ1v) is 6.17. The van der Waals surface area contributed by atoms with E-state index in [-0.39, 0.29) is 6.04 Å². The van der Waals surface area contributed by atoms with Gasteiger partial charge in [-0.05, 0) is 13.0 Å². The summed E-state index contributed by atoms with van der Waals surface area (Å²) in [7, 11) is 1.80. The molecule has 0 aromatic heterocycles. The molecule has 0 aromatic rings. The van der Waals surface area contributed by atoms with Gasteiger partial charge in [-0.1, -0.05) is 12.2 Å². The van der Waals surface area contributed by atoms with Crippen molar-refractivity contribution in [2.24, 2.45) is 4.99 Å². The Morgan fingerprint density at radius 3 is 3.05 bits per heavy atom. The molecule has 2 aliphatic rings. The highest BCUT2D eigenvalue weighted by atomic mass is 16.2. The summed E-state index contributed by atoms with van der Waals surface area (Å²) >= 11 is 0. The van der Waals surface area contributed by atoms with Crippen LogP contribution in [0.2, 0.25) is 0 Å². The Kier molecular flexibility index (Phi) is 4.14. The molecule has 20 heavy (non-hydrogen) atoms. The molecule has 0 saturated heterocycles. The third-order valence-electron chi connectivity index (χ3n) is 3.03. The second-order valence-corrected chi connectivity index (χ2v) is 4.36. The number of hydrogen-bond acceptors (Lipinski definition) is 5. The Morgan fingerprint density at radius 1 is 1.50 bits per heavy atom. The van der Waals surface area contributed by atoms with Gasteiger partial charge < -0.3 is 9.80 Å². The predicted octanol–water partition coefficient (Wildman–Crippen LogP) is 0.732. The Hall–Kier alpha value is -2.63. The summed E-state index contributed by atoms with van der Waals surface area (Å²) in [5.74, 6) is 0.278. The van der Waals surface area contributed by atoms with Crippen molar-refractivity contribution in [3.63, 3.8) is 0 Å². The van der Waals surface area contributed by atoms with Crippen molar-refractivity contribution in [1.82, 2.24) is 15.1 Å². The van der Waals surface area contributed by atoms with Crippen LogP contribution in [-0.2, 0) is 9.59 Å². The van der Waals surface area contributed by atoms with E-state index in [1.54, 1.807) is 18.1 Å². The number of nitrogens with one attached hydrogen (secondary N) is 1. The fraction of sp³-hybridized carbons (Fsp3) is 0.214. The van der Waals surface area contributed by atoms with Crippen LogP contribution in [0.4, 0.5) is 0 Å². The van der Waals surface area contributed by atoms with E-state index in [0.29, 0.717) is 6.41 Å². The average Bonchev–Trinajstić information content (AvgIpc) is 2.46. The molecule has 0 radical (unpaired) electrons. The second kappa shape index (κ2) is 6.01. The number of carbonyl (C=O) groups excluding carboxylic acids is 2. The van der Waals surface area contributed by atoms with Gasteiger partial charge in [0.15, 0.2) is 5.82 Å². The number of carbonyl (C=O) groups is 2. The monoisotopic (exact) mass is 272 g/mol. The van der Waals surface area contributed by atoms with Crippen molar-refractivity contribution in [3.8, 4) is 0 Å². The number of nitrogens with zero attached hydrogens (tertiary/aromatic N) is 3. The molecule has 1 N–H and O–H groups in total. The molecule has 0 spiro atoms. The van der Waals surface area contributed by atoms with Crippen molar-refractivity contribution < 1.29 is 9.59 Å². The molecule has 2 amide bonds. The maximum atomic E-state index is 11.2. The predicted molar refractivity (Wildman–Crippen MR) is 76.2 cm³/mol. The summed E-state index contributed by atoms with van der Waals surface area (Å²) in [5, 5.41) is 2.04. The number of allylic oxidation sites excluding steroid dienone is 3. The van der Waals surface area contributed by atoms with E-state index in [9.17, 15) is 9.59 Å². The van der Waals surface area contributed by atoms with Gasteiger partial charge in [-0.2, -0.15) is 0 Å². The Bertz CT molecular complexity index is 558. The zero-order chi connectivity index (χ0) is 14.5. The summed E-state index contributed by atoms with van der Waals surface area (Å²) in [6.07, 6.45) is 13.0. The topological polar surface area (TPSA) is 65.0 Å². The van der Waals surface area contributed by atoms with Gasteiger partial charge in [0, 0.05) is 31.7 Å². The van der Waals surface area contributed by atoms with E-state index in [4.69, 9.17) is 0 Å². The van der Waals surface area contributed by atoms with Crippen molar-refractivity contribution in [2.45, 2.75) is 13.0 Å². The first kappa shape index (κ1) is 13.8. The SMILES string of the molecule is CC1=C(N(C)/C=C\C(=O)NC=O)N=CC2C=CC=CN12. The fourth-order valence-corrected chi connectivity index (χ4v) is 2.03. The Labute approximate surface area is 117 Å². The number of amides is 2. The van der Waals surface area contributed by atoms with Gasteiger partial charge in [0.25, 0.3) is 5.91 Å². The normalized spacial score (nSPS) is 20.3. The quantitative estimate of drug-likeness (QED) is 0.605. The molecular weight excluding hydrogens is 256 g/mol. The van der Waals surface area contributed by atoms with Gasteiger partial charge >= 0.3 is 0 Å². The Balaban J connectivity index is 2.14. The maximum absolute atomic E-state index is 11.2. The highest BCUT2D eigenvalue weighted by Crippen LogP contribution is 2.24. The number of rotatable bonds is 4. The van der Waals surface area contributed by atoms with Crippen LogP contribution in [0.5, 0.6) is 0 Å². The zero-order valence-corrected chi connectivity index (χ0v) is 11.4. The maximum Gasteiger partial charge on any atom is 0.251 e. The summed E-state index contributed by atoms with van der Waals surface area (Å²) in [4.78, 5) is 29.6. The molecule has 0 saturated carbocycles. The highest BCUT2D eigenvalue weighted by Gasteiger charge is 2.22. The van der Waals surface area contributed by atoms with Crippen molar-refractivity contribution in [3.05, 3.63) is 48.2 Å². The van der Waals surface area contributed by atoms with E-state index in [1.807, 2.05) is 36.8 Å². The molecular formula is C14H16N4O2. The van der Waals surface area contributed by atoms with Gasteiger partial charge in [-0.15, -0.1) is 0 Å². The molecule has 2 rings (SSSR count). The summed E-state index contributed by atoms with van der Waals surface area (Å²) < 4.78 is 0. The van der Waals surface area contributed by atoms with Gasteiger partial charge in [0.1, 0.15) is 0 Å². The number of fused-ring (bicyclic) bond motifs is 1. The summed E-state index contributed by atoms with van der Waals surface area (Å²) in [6, 6.07) is 0.138. The molecule has 0 aromatic carbocycles. The molecule has 1 atom stereocenters. The van der Waals surface area contributed by atoms with Gasteiger partial charge in [0.2, 0.25) is 6.41 Å². The molecule has 104 valence electrons. The average molecular weight is 272 g/mol. The number of imide groups is 1. The van der Waals surface area contributed by atoms with Crippen LogP contribution in [0.3, 0.4) is 0 Å². The third kappa shape index (κ3) is 2.85. The fourth-order valence-electron chi connectivity index (χ4n) is 2.03. The number of hydrogen-bond donors (Lipinski definition) is 1. The van der Waals surface area contributed by atoms with Crippen LogP contribution in [0.1, 0.15) is 6.92 Å². The summed E-state index contributed by atoms with van der Waals surface area (Å²) in [6.45, 7) is 1.97. The second-order valence-electron chi connectivity index (χ2n) is 4.36. The molecule has 0 aliphatic carbocycles. The minimum atomic E-state index is -0.469. The largest absolute Gasteiger partial charge is 0.337 e. The van der Waals surface area contributed by atoms with Crippen LogP contribution < -0.4 is 5.32 Å². The van der Waals surface area contributed by atoms with E-state index < -0.39 is 5.91 Å². The number of aliphatic imine (C=N–C) groups is 1. The van der Waals surface area contributed by atoms with Crippen LogP contribution in [-0.4, -0.2) is 41.4 Å². The molecule has 6 nitrogen and oxygen atoms in total. The van der Waals surface area contributed by atoms with Crippen LogP contribution in [0, 0.1) is 0 Å². The molecule has 6 heteroatoms. The van der Waals surface area contributed by atoms with Crippen molar-refractivity contribution >= 4 is 18.5 Å². The van der Waals surface area contributed by atoms with E-state index in [1.165, 1.54) is 6.08 Å². The minimum absolute atomic E-state index is 0.138. The highest BCUT2D eigenvalue weighted by molar-refractivity contribution is 5.94. The lowest BCUT2D eigenvalue weighted by Crippen LogP contribution is -2.35. The van der Waals surface area contributed by atoms with Crippen LogP contribution >= 0.6 is 0 Å². The lowest BCUT2D eigenvalue weighted by molar-refractivity contribution is -0.121. The minimum Gasteiger partial charge on any atom is -0.337 e. The first-order valence-electron chi connectivity index (χ1n) is 6.17. The van der Waals surface area contributed by atoms with Crippen molar-refractivity contribution in [1.29, 1.82) is 0 Å². The molecule has 0 fully saturated rings. The lowest BCUT2D eigenvalue weighted by atomic mass is 10.1. The van der Waals surface area contributed by atoms with Crippen molar-refractivity contribution in [2.75, 3.05) is 7.05 Å². The molecule has 2 aliphatic heterocycles. The Morgan fingerprint density at radius 2 is 2.30 bits per heavy atom. The van der Waals surface area contributed by atoms with E-state index >= 15 is 0 Å². The molecule has 0 bridgehead atoms. The molecule has 1 unspecified atom stereocenters. The van der Waals surface area contributed by atoms with Crippen LogP contribution in [0.15, 0.2) is 53.2 Å². The van der Waals surface area contributed by atoms with E-state index in [0.717, 1.165) is 11.5 Å². The lowest BCUT2D eigenvalue weighted by Gasteiger charge is -2.34.